The summed E-state index contributed by atoms with van der Waals surface area (Å²) >= 11 is 6.48. The predicted octanol–water partition coefficient (Wildman–Crippen LogP) is 6.17. The van der Waals surface area contributed by atoms with Crippen molar-refractivity contribution in [3.05, 3.63) is 82.3 Å². The van der Waals surface area contributed by atoms with Crippen LogP contribution in [0.2, 0.25) is 5.02 Å². The van der Waals surface area contributed by atoms with Crippen LogP contribution < -0.4 is 4.74 Å². The zero-order chi connectivity index (χ0) is 25.6. The minimum Gasteiger partial charge on any atom is -0.487 e. The smallest absolute Gasteiger partial charge is 0.225 e. The van der Waals surface area contributed by atoms with Gasteiger partial charge >= 0.3 is 0 Å². The van der Waals surface area contributed by atoms with E-state index in [2.05, 4.69) is 10.1 Å². The van der Waals surface area contributed by atoms with Crippen LogP contribution in [0.4, 0.5) is 8.78 Å². The minimum atomic E-state index is -0.469. The van der Waals surface area contributed by atoms with Crippen molar-refractivity contribution in [2.24, 2.45) is 5.92 Å². The van der Waals surface area contributed by atoms with Crippen molar-refractivity contribution in [3.63, 3.8) is 0 Å². The van der Waals surface area contributed by atoms with E-state index in [-0.39, 0.29) is 29.5 Å². The highest BCUT2D eigenvalue weighted by Crippen LogP contribution is 2.35. The Morgan fingerprint density at radius 2 is 2.03 bits per heavy atom. The van der Waals surface area contributed by atoms with E-state index in [1.165, 1.54) is 23.0 Å². The number of aromatic nitrogens is 3. The first-order valence-electron chi connectivity index (χ1n) is 11.7. The highest BCUT2D eigenvalue weighted by molar-refractivity contribution is 6.31. The van der Waals surface area contributed by atoms with Crippen molar-refractivity contribution in [1.29, 1.82) is 0 Å². The normalized spacial score (nSPS) is 16.7. The number of fused-ring (bicyclic) bond motifs is 1. The van der Waals surface area contributed by atoms with E-state index in [0.717, 1.165) is 18.0 Å². The van der Waals surface area contributed by atoms with E-state index in [9.17, 15) is 13.6 Å². The third kappa shape index (κ3) is 4.41. The SMILES string of the molecule is Cc1cc(-n2cc(F)cn2)c2cccc(OCc3c(Cl)cc(F)cc3[C@H](C)N3CCC(C)C3=O)c2n1. The molecule has 0 aliphatic carbocycles. The van der Waals surface area contributed by atoms with E-state index in [1.807, 2.05) is 39.0 Å². The van der Waals surface area contributed by atoms with Gasteiger partial charge in [-0.1, -0.05) is 30.7 Å². The quantitative estimate of drug-likeness (QED) is 0.311. The van der Waals surface area contributed by atoms with E-state index in [1.54, 1.807) is 11.0 Å². The first-order valence-corrected chi connectivity index (χ1v) is 12.1. The van der Waals surface area contributed by atoms with Gasteiger partial charge in [-0.05, 0) is 50.1 Å². The van der Waals surface area contributed by atoms with Crippen LogP contribution >= 0.6 is 11.6 Å². The number of aryl methyl sites for hydroxylation is 1. The van der Waals surface area contributed by atoms with E-state index < -0.39 is 11.6 Å². The summed E-state index contributed by atoms with van der Waals surface area (Å²) in [6.45, 7) is 6.28. The van der Waals surface area contributed by atoms with Crippen molar-refractivity contribution >= 4 is 28.4 Å². The number of rotatable bonds is 6. The lowest BCUT2D eigenvalue weighted by Gasteiger charge is -2.27. The summed E-state index contributed by atoms with van der Waals surface area (Å²) in [5.74, 6) is -0.424. The number of benzene rings is 2. The van der Waals surface area contributed by atoms with Gasteiger partial charge in [0.25, 0.3) is 0 Å². The third-order valence-corrected chi connectivity index (χ3v) is 7.04. The number of ether oxygens (including phenoxy) is 1. The van der Waals surface area contributed by atoms with Crippen LogP contribution in [0.1, 0.15) is 43.1 Å². The molecular formula is C27H25ClF2N4O2. The Morgan fingerprint density at radius 3 is 2.72 bits per heavy atom. The summed E-state index contributed by atoms with van der Waals surface area (Å²) in [7, 11) is 0. The van der Waals surface area contributed by atoms with Gasteiger partial charge in [-0.2, -0.15) is 5.10 Å². The molecule has 0 bridgehead atoms. The molecule has 2 aromatic heterocycles. The molecule has 186 valence electrons. The van der Waals surface area contributed by atoms with Crippen LogP contribution in [0, 0.1) is 24.5 Å². The van der Waals surface area contributed by atoms with Crippen molar-refractivity contribution in [2.75, 3.05) is 6.54 Å². The molecule has 0 radical (unpaired) electrons. The van der Waals surface area contributed by atoms with Crippen LogP contribution in [0.15, 0.2) is 48.8 Å². The molecule has 0 saturated carbocycles. The third-order valence-electron chi connectivity index (χ3n) is 6.70. The number of hydrogen-bond acceptors (Lipinski definition) is 4. The molecule has 4 aromatic rings. The molecule has 9 heteroatoms. The molecule has 5 rings (SSSR count). The lowest BCUT2D eigenvalue weighted by atomic mass is 10.00. The summed E-state index contributed by atoms with van der Waals surface area (Å²) in [4.78, 5) is 19.1. The fourth-order valence-corrected chi connectivity index (χ4v) is 5.04. The van der Waals surface area contributed by atoms with Crippen LogP contribution in [-0.4, -0.2) is 32.1 Å². The van der Waals surface area contributed by atoms with Gasteiger partial charge in [0.1, 0.15) is 23.7 Å². The first-order chi connectivity index (χ1) is 17.2. The highest BCUT2D eigenvalue weighted by atomic mass is 35.5. The molecule has 0 N–H and O–H groups in total. The standard InChI is InChI=1S/C27H25ClF2N4O2/c1-15-7-8-33(27(15)35)17(3)21-10-18(29)11-23(28)22(21)14-36-25-6-4-5-20-24(9-16(2)32-26(20)25)34-13-19(30)12-31-34/h4-6,9-13,15,17H,7-8,14H2,1-3H3/t15?,17-/m0/s1. The molecule has 1 aliphatic rings. The molecule has 6 nitrogen and oxygen atoms in total. The average molecular weight is 511 g/mol. The molecule has 2 aromatic carbocycles. The first kappa shape index (κ1) is 24.2. The zero-order valence-corrected chi connectivity index (χ0v) is 20.9. The molecule has 1 aliphatic heterocycles. The van der Waals surface area contributed by atoms with Gasteiger partial charge in [0.05, 0.1) is 29.1 Å². The Bertz CT molecular complexity index is 1470. The maximum atomic E-state index is 14.4. The number of carbonyl (C=O) groups excluding carboxylic acids is 1. The molecule has 3 heterocycles. The molecule has 36 heavy (non-hydrogen) atoms. The Balaban J connectivity index is 1.51. The van der Waals surface area contributed by atoms with Crippen molar-refractivity contribution in [3.8, 4) is 11.4 Å². The number of amides is 1. The number of likely N-dealkylation sites (tertiary alicyclic amines) is 1. The van der Waals surface area contributed by atoms with Gasteiger partial charge in [0, 0.05) is 29.1 Å². The van der Waals surface area contributed by atoms with Gasteiger partial charge < -0.3 is 9.64 Å². The highest BCUT2D eigenvalue weighted by Gasteiger charge is 2.33. The van der Waals surface area contributed by atoms with Crippen LogP contribution in [-0.2, 0) is 11.4 Å². The average Bonchev–Trinajstić information content (AvgIpc) is 3.42. The monoisotopic (exact) mass is 510 g/mol. The zero-order valence-electron chi connectivity index (χ0n) is 20.1. The summed E-state index contributed by atoms with van der Waals surface area (Å²) in [5, 5.41) is 5.05. The second kappa shape index (κ2) is 9.50. The fourth-order valence-electron chi connectivity index (χ4n) is 4.77. The van der Waals surface area contributed by atoms with Crippen LogP contribution in [0.25, 0.3) is 16.6 Å². The second-order valence-corrected chi connectivity index (χ2v) is 9.59. The number of nitrogens with zero attached hydrogens (tertiary/aromatic N) is 4. The van der Waals surface area contributed by atoms with Gasteiger partial charge in [-0.3, -0.25) is 4.79 Å². The minimum absolute atomic E-state index is 0.0473. The van der Waals surface area contributed by atoms with E-state index in [0.29, 0.717) is 40.3 Å². The Labute approximate surface area is 212 Å². The fraction of sp³-hybridized carbons (Fsp3) is 0.296. The summed E-state index contributed by atoms with van der Waals surface area (Å²) in [6.07, 6.45) is 3.21. The van der Waals surface area contributed by atoms with Crippen LogP contribution in [0.3, 0.4) is 0 Å². The van der Waals surface area contributed by atoms with Gasteiger partial charge in [0.15, 0.2) is 5.82 Å². The molecule has 0 spiro atoms. The lowest BCUT2D eigenvalue weighted by Crippen LogP contribution is -2.30. The second-order valence-electron chi connectivity index (χ2n) is 9.18. The number of halogens is 3. The van der Waals surface area contributed by atoms with Gasteiger partial charge in [0.2, 0.25) is 5.91 Å². The largest absolute Gasteiger partial charge is 0.487 e. The van der Waals surface area contributed by atoms with E-state index >= 15 is 0 Å². The summed E-state index contributed by atoms with van der Waals surface area (Å²) in [6, 6.07) is 9.60. The Kier molecular flexibility index (Phi) is 6.38. The molecule has 1 saturated heterocycles. The van der Waals surface area contributed by atoms with Crippen molar-refractivity contribution in [1.82, 2.24) is 19.7 Å². The molecule has 2 atom stereocenters. The van der Waals surface area contributed by atoms with Gasteiger partial charge in [-0.25, -0.2) is 18.4 Å². The molecular weight excluding hydrogens is 486 g/mol. The lowest BCUT2D eigenvalue weighted by molar-refractivity contribution is -0.132. The topological polar surface area (TPSA) is 60.2 Å². The maximum absolute atomic E-state index is 14.4. The number of pyridine rings is 1. The Morgan fingerprint density at radius 1 is 1.22 bits per heavy atom. The molecule has 1 fully saturated rings. The van der Waals surface area contributed by atoms with Crippen molar-refractivity contribution in [2.45, 2.75) is 39.8 Å². The summed E-state index contributed by atoms with van der Waals surface area (Å²) < 4.78 is 35.7. The molecule has 1 amide bonds. The number of para-hydroxylation sites is 1. The molecule has 1 unspecified atom stereocenters. The van der Waals surface area contributed by atoms with Crippen molar-refractivity contribution < 1.29 is 18.3 Å². The Hall–Kier alpha value is -3.52. The number of carbonyl (C=O) groups is 1. The maximum Gasteiger partial charge on any atom is 0.225 e. The number of hydrogen-bond donors (Lipinski definition) is 0. The van der Waals surface area contributed by atoms with Crippen LogP contribution in [0.5, 0.6) is 5.75 Å². The predicted molar refractivity (Wildman–Crippen MR) is 133 cm³/mol. The van der Waals surface area contributed by atoms with E-state index in [4.69, 9.17) is 16.3 Å². The van der Waals surface area contributed by atoms with Gasteiger partial charge in [-0.15, -0.1) is 0 Å². The summed E-state index contributed by atoms with van der Waals surface area (Å²) in [5.41, 5.74) is 3.18.